The van der Waals surface area contributed by atoms with Crippen molar-refractivity contribution < 1.29 is 23.4 Å². The fraction of sp³-hybridized carbons (Fsp3) is 0.240. The van der Waals surface area contributed by atoms with Crippen molar-refractivity contribution in [2.24, 2.45) is 4.99 Å². The second kappa shape index (κ2) is 9.64. The molecule has 0 N–H and O–H groups in total. The number of fused-ring (bicyclic) bond motifs is 1. The maximum absolute atomic E-state index is 13.6. The van der Waals surface area contributed by atoms with Crippen molar-refractivity contribution in [3.8, 4) is 11.5 Å². The smallest absolute Gasteiger partial charge is 0.338 e. The van der Waals surface area contributed by atoms with Gasteiger partial charge in [0, 0.05) is 11.6 Å². The molecule has 0 amide bonds. The number of carbonyl (C=O) groups excluding carboxylic acids is 1. The molecule has 0 saturated carbocycles. The Balaban J connectivity index is 1.99. The average molecular weight is 483 g/mol. The largest absolute Gasteiger partial charge is 0.497 e. The fourth-order valence-corrected chi connectivity index (χ4v) is 4.89. The zero-order valence-corrected chi connectivity index (χ0v) is 19.9. The zero-order chi connectivity index (χ0) is 24.4. The van der Waals surface area contributed by atoms with Gasteiger partial charge in [-0.2, -0.15) is 0 Å². The number of rotatable bonds is 6. The van der Waals surface area contributed by atoms with E-state index in [4.69, 9.17) is 14.2 Å². The molecule has 1 unspecified atom stereocenters. The number of ether oxygens (including phenoxy) is 3. The van der Waals surface area contributed by atoms with Gasteiger partial charge in [-0.05, 0) is 49.8 Å². The molecule has 1 aromatic heterocycles. The number of esters is 1. The summed E-state index contributed by atoms with van der Waals surface area (Å²) in [4.78, 5) is 31.6. The maximum atomic E-state index is 13.6. The van der Waals surface area contributed by atoms with E-state index in [9.17, 15) is 14.0 Å². The molecule has 0 saturated heterocycles. The first kappa shape index (κ1) is 23.4. The zero-order valence-electron chi connectivity index (χ0n) is 19.1. The third-order valence-electron chi connectivity index (χ3n) is 5.42. The van der Waals surface area contributed by atoms with Crippen molar-refractivity contribution in [1.82, 2.24) is 4.57 Å². The number of hydrogen-bond donors (Lipinski definition) is 0. The van der Waals surface area contributed by atoms with Gasteiger partial charge in [0.25, 0.3) is 5.56 Å². The summed E-state index contributed by atoms with van der Waals surface area (Å²) in [5, 5.41) is 0. The SMILES string of the molecule is CCOC(=O)C1=C(C)N=c2s/c(=C/c3ccc(F)cc3)c(=O)n2C1c1ccc(OC)cc1OC. The predicted octanol–water partition coefficient (Wildman–Crippen LogP) is 2.95. The molecule has 0 bridgehead atoms. The summed E-state index contributed by atoms with van der Waals surface area (Å²) in [5.74, 6) is 0.107. The number of allylic oxidation sites excluding steroid dienone is 1. The molecule has 34 heavy (non-hydrogen) atoms. The Kier molecular flexibility index (Phi) is 6.65. The van der Waals surface area contributed by atoms with E-state index in [0.29, 0.717) is 37.7 Å². The molecular formula is C25H23FN2O5S. The van der Waals surface area contributed by atoms with E-state index in [0.717, 1.165) is 0 Å². The second-order valence-corrected chi connectivity index (χ2v) is 8.47. The van der Waals surface area contributed by atoms with E-state index >= 15 is 0 Å². The van der Waals surface area contributed by atoms with Gasteiger partial charge in [0.15, 0.2) is 4.80 Å². The lowest BCUT2D eigenvalue weighted by molar-refractivity contribution is -0.139. The van der Waals surface area contributed by atoms with Crippen LogP contribution in [0.2, 0.25) is 0 Å². The van der Waals surface area contributed by atoms with Crippen LogP contribution in [-0.2, 0) is 9.53 Å². The minimum Gasteiger partial charge on any atom is -0.497 e. The van der Waals surface area contributed by atoms with E-state index in [1.54, 1.807) is 57.4 Å². The topological polar surface area (TPSA) is 79.1 Å². The summed E-state index contributed by atoms with van der Waals surface area (Å²) in [6.45, 7) is 3.61. The van der Waals surface area contributed by atoms with Crippen LogP contribution < -0.4 is 24.4 Å². The molecular weight excluding hydrogens is 459 g/mol. The standard InChI is InChI=1S/C25H23FN2O5S/c1-5-33-24(30)21-14(2)27-25-28(22(21)18-11-10-17(31-3)13-19(18)32-4)23(29)20(34-25)12-15-6-8-16(26)9-7-15/h6-13,22H,5H2,1-4H3/b20-12+. The third-order valence-corrected chi connectivity index (χ3v) is 6.40. The molecule has 3 aromatic rings. The van der Waals surface area contributed by atoms with Gasteiger partial charge in [0.2, 0.25) is 0 Å². The molecule has 176 valence electrons. The third kappa shape index (κ3) is 4.26. The van der Waals surface area contributed by atoms with Gasteiger partial charge < -0.3 is 14.2 Å². The molecule has 4 rings (SSSR count). The summed E-state index contributed by atoms with van der Waals surface area (Å²) >= 11 is 1.19. The van der Waals surface area contributed by atoms with Crippen LogP contribution in [0.3, 0.4) is 0 Å². The Bertz CT molecular complexity index is 1450. The molecule has 0 radical (unpaired) electrons. The number of benzene rings is 2. The van der Waals surface area contributed by atoms with E-state index in [2.05, 4.69) is 4.99 Å². The molecule has 1 aliphatic heterocycles. The number of thiazole rings is 1. The van der Waals surface area contributed by atoms with Gasteiger partial charge in [-0.15, -0.1) is 0 Å². The minimum atomic E-state index is -0.813. The van der Waals surface area contributed by atoms with Crippen LogP contribution in [0.4, 0.5) is 4.39 Å². The van der Waals surface area contributed by atoms with Crippen molar-refractivity contribution >= 4 is 23.4 Å². The van der Waals surface area contributed by atoms with Crippen LogP contribution in [0.1, 0.15) is 31.0 Å². The monoisotopic (exact) mass is 482 g/mol. The number of aromatic nitrogens is 1. The summed E-state index contributed by atoms with van der Waals surface area (Å²) in [5.41, 5.74) is 1.65. The molecule has 1 atom stereocenters. The molecule has 7 nitrogen and oxygen atoms in total. The molecule has 0 spiro atoms. The quantitative estimate of drug-likeness (QED) is 0.505. The van der Waals surface area contributed by atoms with Gasteiger partial charge >= 0.3 is 5.97 Å². The van der Waals surface area contributed by atoms with Crippen molar-refractivity contribution in [2.75, 3.05) is 20.8 Å². The highest BCUT2D eigenvalue weighted by atomic mass is 32.1. The van der Waals surface area contributed by atoms with Gasteiger partial charge in [-0.3, -0.25) is 9.36 Å². The normalized spacial score (nSPS) is 15.6. The highest BCUT2D eigenvalue weighted by Gasteiger charge is 2.35. The molecule has 1 aliphatic rings. The molecule has 2 heterocycles. The van der Waals surface area contributed by atoms with Crippen LogP contribution in [0.5, 0.6) is 11.5 Å². The average Bonchev–Trinajstić information content (AvgIpc) is 3.13. The lowest BCUT2D eigenvalue weighted by atomic mass is 9.95. The van der Waals surface area contributed by atoms with Gasteiger partial charge in [-0.25, -0.2) is 14.2 Å². The molecule has 2 aromatic carbocycles. The maximum Gasteiger partial charge on any atom is 0.338 e. The van der Waals surface area contributed by atoms with E-state index < -0.39 is 12.0 Å². The molecule has 0 aliphatic carbocycles. The number of nitrogens with zero attached hydrogens (tertiary/aromatic N) is 2. The second-order valence-electron chi connectivity index (χ2n) is 7.46. The van der Waals surface area contributed by atoms with E-state index in [1.807, 2.05) is 0 Å². The number of hydrogen-bond acceptors (Lipinski definition) is 7. The number of carbonyl (C=O) groups is 1. The lowest BCUT2D eigenvalue weighted by Crippen LogP contribution is -2.40. The van der Waals surface area contributed by atoms with Crippen LogP contribution in [0.25, 0.3) is 6.08 Å². The summed E-state index contributed by atoms with van der Waals surface area (Å²) < 4.78 is 31.4. The first-order valence-electron chi connectivity index (χ1n) is 10.5. The fourth-order valence-electron chi connectivity index (χ4n) is 3.84. The highest BCUT2D eigenvalue weighted by Crippen LogP contribution is 2.37. The van der Waals surface area contributed by atoms with Crippen LogP contribution in [-0.4, -0.2) is 31.4 Å². The minimum absolute atomic E-state index is 0.178. The van der Waals surface area contributed by atoms with Crippen LogP contribution in [0.15, 0.2) is 63.5 Å². The predicted molar refractivity (Wildman–Crippen MR) is 126 cm³/mol. The van der Waals surface area contributed by atoms with E-state index in [1.165, 1.54) is 35.1 Å². The van der Waals surface area contributed by atoms with Crippen molar-refractivity contribution in [3.63, 3.8) is 0 Å². The lowest BCUT2D eigenvalue weighted by Gasteiger charge is -2.26. The van der Waals surface area contributed by atoms with Crippen LogP contribution in [0, 0.1) is 5.82 Å². The Labute approximate surface area is 199 Å². The van der Waals surface area contributed by atoms with Gasteiger partial charge in [0.1, 0.15) is 23.4 Å². The first-order chi connectivity index (χ1) is 16.4. The Morgan fingerprint density at radius 2 is 1.91 bits per heavy atom. The van der Waals surface area contributed by atoms with Crippen molar-refractivity contribution in [1.29, 1.82) is 0 Å². The summed E-state index contributed by atoms with van der Waals surface area (Å²) in [6.07, 6.45) is 1.68. The van der Waals surface area contributed by atoms with Crippen LogP contribution >= 0.6 is 11.3 Å². The Morgan fingerprint density at radius 1 is 1.18 bits per heavy atom. The number of methoxy groups -OCH3 is 2. The molecule has 9 heteroatoms. The first-order valence-corrected chi connectivity index (χ1v) is 11.4. The number of halogens is 1. The van der Waals surface area contributed by atoms with Gasteiger partial charge in [0.05, 0.1) is 36.6 Å². The van der Waals surface area contributed by atoms with Crippen molar-refractivity contribution in [2.45, 2.75) is 19.9 Å². The molecule has 0 fully saturated rings. The Morgan fingerprint density at radius 3 is 2.56 bits per heavy atom. The van der Waals surface area contributed by atoms with Gasteiger partial charge in [-0.1, -0.05) is 23.5 Å². The summed E-state index contributed by atoms with van der Waals surface area (Å²) in [7, 11) is 3.05. The summed E-state index contributed by atoms with van der Waals surface area (Å²) in [6, 6.07) is 10.2. The highest BCUT2D eigenvalue weighted by molar-refractivity contribution is 7.07. The van der Waals surface area contributed by atoms with Crippen molar-refractivity contribution in [3.05, 3.63) is 90.4 Å². The van der Waals surface area contributed by atoms with E-state index in [-0.39, 0.29) is 23.6 Å². The Hall–Kier alpha value is -3.72.